The summed E-state index contributed by atoms with van der Waals surface area (Å²) >= 11 is 0. The summed E-state index contributed by atoms with van der Waals surface area (Å²) < 4.78 is 28.6. The number of hydrogen-bond acceptors (Lipinski definition) is 4. The number of nitrogens with zero attached hydrogens (tertiary/aromatic N) is 2. The van der Waals surface area contributed by atoms with Crippen LogP contribution in [0.15, 0.2) is 41.4 Å². The first-order valence-electron chi connectivity index (χ1n) is 6.73. The minimum Gasteiger partial charge on any atom is -0.316 e. The lowest BCUT2D eigenvalue weighted by atomic mass is 10.2. The minimum absolute atomic E-state index is 0.281. The van der Waals surface area contributed by atoms with Crippen LogP contribution in [0.1, 0.15) is 11.3 Å². The van der Waals surface area contributed by atoms with E-state index in [1.165, 1.54) is 0 Å². The van der Waals surface area contributed by atoms with Crippen molar-refractivity contribution in [3.05, 3.63) is 47.8 Å². The molecule has 0 aliphatic heterocycles. The van der Waals surface area contributed by atoms with Crippen molar-refractivity contribution in [2.24, 2.45) is 7.05 Å². The van der Waals surface area contributed by atoms with Gasteiger partial charge in [-0.05, 0) is 30.8 Å². The standard InChI is InChI=1S/C14H20N4O2S/c1-15-11-12-3-5-14(6-4-12)21(19,20)16-9-7-13-8-10-18(2)17-13/h3-6,8,10,15-16H,7,9,11H2,1-2H3. The minimum atomic E-state index is -3.46. The lowest BCUT2D eigenvalue weighted by Crippen LogP contribution is -2.26. The molecular weight excluding hydrogens is 288 g/mol. The first kappa shape index (κ1) is 15.7. The number of hydrogen-bond donors (Lipinski definition) is 2. The van der Waals surface area contributed by atoms with Crippen molar-refractivity contribution < 1.29 is 8.42 Å². The molecule has 7 heteroatoms. The number of sulfonamides is 1. The fourth-order valence-corrected chi connectivity index (χ4v) is 3.02. The van der Waals surface area contributed by atoms with Gasteiger partial charge in [-0.2, -0.15) is 5.10 Å². The van der Waals surface area contributed by atoms with E-state index in [0.717, 1.165) is 11.3 Å². The van der Waals surface area contributed by atoms with Crippen molar-refractivity contribution in [1.29, 1.82) is 0 Å². The molecular formula is C14H20N4O2S. The van der Waals surface area contributed by atoms with Crippen LogP contribution in [-0.4, -0.2) is 31.8 Å². The van der Waals surface area contributed by atoms with Crippen molar-refractivity contribution in [2.75, 3.05) is 13.6 Å². The van der Waals surface area contributed by atoms with Crippen LogP contribution in [0.3, 0.4) is 0 Å². The van der Waals surface area contributed by atoms with Gasteiger partial charge in [-0.15, -0.1) is 0 Å². The Morgan fingerprint density at radius 1 is 1.19 bits per heavy atom. The van der Waals surface area contributed by atoms with Gasteiger partial charge in [0, 0.05) is 32.8 Å². The fourth-order valence-electron chi connectivity index (χ4n) is 1.98. The Kier molecular flexibility index (Phi) is 5.11. The molecule has 21 heavy (non-hydrogen) atoms. The number of benzene rings is 1. The average molecular weight is 308 g/mol. The normalized spacial score (nSPS) is 11.7. The zero-order valence-corrected chi connectivity index (χ0v) is 13.0. The van der Waals surface area contributed by atoms with E-state index in [1.807, 2.05) is 38.5 Å². The SMILES string of the molecule is CNCc1ccc(S(=O)(=O)NCCc2ccn(C)n2)cc1. The third-order valence-corrected chi connectivity index (χ3v) is 4.53. The van der Waals surface area contributed by atoms with E-state index in [-0.39, 0.29) is 4.90 Å². The van der Waals surface area contributed by atoms with Crippen LogP contribution in [0.2, 0.25) is 0 Å². The molecule has 0 atom stereocenters. The van der Waals surface area contributed by atoms with Crippen molar-refractivity contribution in [3.63, 3.8) is 0 Å². The Morgan fingerprint density at radius 3 is 2.48 bits per heavy atom. The van der Waals surface area contributed by atoms with Crippen molar-refractivity contribution in [2.45, 2.75) is 17.9 Å². The summed E-state index contributed by atoms with van der Waals surface area (Å²) in [7, 11) is 0.224. The lowest BCUT2D eigenvalue weighted by Gasteiger charge is -2.07. The number of nitrogens with one attached hydrogen (secondary N) is 2. The van der Waals surface area contributed by atoms with Crippen LogP contribution in [0.5, 0.6) is 0 Å². The molecule has 1 aromatic heterocycles. The van der Waals surface area contributed by atoms with Gasteiger partial charge in [0.2, 0.25) is 10.0 Å². The second-order valence-electron chi connectivity index (χ2n) is 4.80. The molecule has 0 aliphatic rings. The number of aryl methyl sites for hydroxylation is 1. The molecule has 114 valence electrons. The van der Waals surface area contributed by atoms with E-state index in [1.54, 1.807) is 16.8 Å². The summed E-state index contributed by atoms with van der Waals surface area (Å²) in [5.41, 5.74) is 1.91. The first-order chi connectivity index (χ1) is 10.0. The van der Waals surface area contributed by atoms with Crippen LogP contribution in [0.25, 0.3) is 0 Å². The Bertz CT molecular complexity index is 677. The number of aromatic nitrogens is 2. The topological polar surface area (TPSA) is 76.0 Å². The summed E-state index contributed by atoms with van der Waals surface area (Å²) in [4.78, 5) is 0.281. The molecule has 0 saturated carbocycles. The highest BCUT2D eigenvalue weighted by Gasteiger charge is 2.13. The highest BCUT2D eigenvalue weighted by molar-refractivity contribution is 7.89. The smallest absolute Gasteiger partial charge is 0.240 e. The first-order valence-corrected chi connectivity index (χ1v) is 8.21. The lowest BCUT2D eigenvalue weighted by molar-refractivity contribution is 0.581. The van der Waals surface area contributed by atoms with Gasteiger partial charge in [-0.1, -0.05) is 12.1 Å². The Labute approximate surface area is 125 Å². The third kappa shape index (κ3) is 4.38. The van der Waals surface area contributed by atoms with E-state index in [9.17, 15) is 8.42 Å². The van der Waals surface area contributed by atoms with E-state index < -0.39 is 10.0 Å². The second-order valence-corrected chi connectivity index (χ2v) is 6.57. The largest absolute Gasteiger partial charge is 0.316 e. The molecule has 0 saturated heterocycles. The predicted octanol–water partition coefficient (Wildman–Crippen LogP) is 0.660. The molecule has 0 amide bonds. The summed E-state index contributed by atoms with van der Waals surface area (Å²) in [6.45, 7) is 1.05. The monoisotopic (exact) mass is 308 g/mol. The molecule has 6 nitrogen and oxygen atoms in total. The van der Waals surface area contributed by atoms with Crippen molar-refractivity contribution >= 4 is 10.0 Å². The van der Waals surface area contributed by atoms with Gasteiger partial charge in [0.25, 0.3) is 0 Å². The Morgan fingerprint density at radius 2 is 1.90 bits per heavy atom. The molecule has 0 unspecified atom stereocenters. The number of rotatable bonds is 7. The molecule has 2 N–H and O–H groups in total. The highest BCUT2D eigenvalue weighted by atomic mass is 32.2. The molecule has 1 heterocycles. The van der Waals surface area contributed by atoms with Crippen molar-refractivity contribution in [3.8, 4) is 0 Å². The van der Waals surface area contributed by atoms with E-state index in [2.05, 4.69) is 15.1 Å². The fraction of sp³-hybridized carbons (Fsp3) is 0.357. The second kappa shape index (κ2) is 6.84. The van der Waals surface area contributed by atoms with Crippen LogP contribution in [-0.2, 0) is 30.0 Å². The maximum absolute atomic E-state index is 12.1. The molecule has 0 spiro atoms. The molecule has 0 fully saturated rings. The van der Waals surface area contributed by atoms with Gasteiger partial charge in [0.05, 0.1) is 10.6 Å². The van der Waals surface area contributed by atoms with Gasteiger partial charge >= 0.3 is 0 Å². The summed E-state index contributed by atoms with van der Waals surface area (Å²) in [5, 5.41) is 7.23. The molecule has 0 radical (unpaired) electrons. The summed E-state index contributed by atoms with van der Waals surface area (Å²) in [6, 6.07) is 8.74. The molecule has 2 rings (SSSR count). The van der Waals surface area contributed by atoms with Crippen LogP contribution in [0, 0.1) is 0 Å². The highest BCUT2D eigenvalue weighted by Crippen LogP contribution is 2.10. The maximum Gasteiger partial charge on any atom is 0.240 e. The van der Waals surface area contributed by atoms with Gasteiger partial charge in [-0.25, -0.2) is 13.1 Å². The average Bonchev–Trinajstić information content (AvgIpc) is 2.85. The molecule has 0 bridgehead atoms. The van der Waals surface area contributed by atoms with Gasteiger partial charge in [0.15, 0.2) is 0 Å². The molecule has 1 aromatic carbocycles. The van der Waals surface area contributed by atoms with E-state index in [4.69, 9.17) is 0 Å². The van der Waals surface area contributed by atoms with Crippen LogP contribution >= 0.6 is 0 Å². The van der Waals surface area contributed by atoms with E-state index >= 15 is 0 Å². The van der Waals surface area contributed by atoms with E-state index in [0.29, 0.717) is 19.5 Å². The Hall–Kier alpha value is -1.70. The Balaban J connectivity index is 1.94. The third-order valence-electron chi connectivity index (χ3n) is 3.06. The molecule has 0 aliphatic carbocycles. The van der Waals surface area contributed by atoms with Gasteiger partial charge in [-0.3, -0.25) is 4.68 Å². The predicted molar refractivity (Wildman–Crippen MR) is 81.3 cm³/mol. The van der Waals surface area contributed by atoms with Crippen molar-refractivity contribution in [1.82, 2.24) is 19.8 Å². The van der Waals surface area contributed by atoms with Gasteiger partial charge < -0.3 is 5.32 Å². The quantitative estimate of drug-likeness (QED) is 0.788. The van der Waals surface area contributed by atoms with Gasteiger partial charge in [0.1, 0.15) is 0 Å². The molecule has 2 aromatic rings. The zero-order chi connectivity index (χ0) is 15.3. The van der Waals surface area contributed by atoms with Crippen LogP contribution < -0.4 is 10.0 Å². The zero-order valence-electron chi connectivity index (χ0n) is 12.2. The summed E-state index contributed by atoms with van der Waals surface area (Å²) in [5.74, 6) is 0. The van der Waals surface area contributed by atoms with Crippen LogP contribution in [0.4, 0.5) is 0 Å². The maximum atomic E-state index is 12.1. The summed E-state index contributed by atoms with van der Waals surface area (Å²) in [6.07, 6.45) is 2.40.